The zero-order valence-corrected chi connectivity index (χ0v) is 12.4. The number of cyclic esters (lactones) is 1. The van der Waals surface area contributed by atoms with Crippen molar-refractivity contribution in [1.82, 2.24) is 10.2 Å². The highest BCUT2D eigenvalue weighted by atomic mass is 35.5. The minimum absolute atomic E-state index is 0. The summed E-state index contributed by atoms with van der Waals surface area (Å²) in [5, 5.41) is 3.33. The fourth-order valence-corrected chi connectivity index (χ4v) is 3.14. The van der Waals surface area contributed by atoms with Crippen LogP contribution in [0, 0.1) is 0 Å². The standard InChI is InChI=1S/C15H20N2O2.ClH/c1-11-14(12-5-3-2-4-6-12)19-15(18)17(11)13-7-9-16-10-8-13;/h2-6,11,13-14,16H,7-10H2,1H3;1H. The van der Waals surface area contributed by atoms with E-state index in [0.717, 1.165) is 31.5 Å². The van der Waals surface area contributed by atoms with Gasteiger partial charge in [-0.2, -0.15) is 0 Å². The molecule has 1 N–H and O–H groups in total. The Balaban J connectivity index is 0.00000147. The van der Waals surface area contributed by atoms with Crippen LogP contribution in [0.1, 0.15) is 31.4 Å². The van der Waals surface area contributed by atoms with Crippen LogP contribution in [0.4, 0.5) is 4.79 Å². The number of nitrogens with one attached hydrogen (secondary N) is 1. The van der Waals surface area contributed by atoms with E-state index in [2.05, 4.69) is 12.2 Å². The minimum atomic E-state index is -0.159. The predicted octanol–water partition coefficient (Wildman–Crippen LogP) is 2.74. The molecule has 0 spiro atoms. The number of carbonyl (C=O) groups excluding carboxylic acids is 1. The Bertz CT molecular complexity index is 448. The first kappa shape index (κ1) is 15.1. The number of hydrogen-bond acceptors (Lipinski definition) is 3. The van der Waals surface area contributed by atoms with Crippen LogP contribution in [0.25, 0.3) is 0 Å². The predicted molar refractivity (Wildman–Crippen MR) is 80.1 cm³/mol. The average Bonchev–Trinajstić information content (AvgIpc) is 2.76. The highest BCUT2D eigenvalue weighted by Gasteiger charge is 2.43. The van der Waals surface area contributed by atoms with Crippen LogP contribution in [-0.4, -0.2) is 36.2 Å². The van der Waals surface area contributed by atoms with E-state index in [1.807, 2.05) is 35.2 Å². The maximum Gasteiger partial charge on any atom is 0.411 e. The van der Waals surface area contributed by atoms with E-state index in [1.54, 1.807) is 0 Å². The molecule has 0 radical (unpaired) electrons. The molecule has 2 atom stereocenters. The Kier molecular flexibility index (Phi) is 4.89. The summed E-state index contributed by atoms with van der Waals surface area (Å²) in [4.78, 5) is 14.1. The summed E-state index contributed by atoms with van der Waals surface area (Å²) in [6.07, 6.45) is 1.74. The van der Waals surface area contributed by atoms with Gasteiger partial charge in [-0.05, 0) is 38.4 Å². The first-order valence-electron chi connectivity index (χ1n) is 7.02. The van der Waals surface area contributed by atoms with E-state index < -0.39 is 0 Å². The summed E-state index contributed by atoms with van der Waals surface area (Å²) in [5.41, 5.74) is 1.08. The molecule has 0 aromatic heterocycles. The number of carbonyl (C=O) groups is 1. The fourth-order valence-electron chi connectivity index (χ4n) is 3.14. The third-order valence-corrected chi connectivity index (χ3v) is 4.15. The van der Waals surface area contributed by atoms with Crippen molar-refractivity contribution in [3.8, 4) is 0 Å². The van der Waals surface area contributed by atoms with E-state index in [9.17, 15) is 4.79 Å². The second-order valence-electron chi connectivity index (χ2n) is 5.34. The van der Waals surface area contributed by atoms with Gasteiger partial charge in [-0.1, -0.05) is 30.3 Å². The van der Waals surface area contributed by atoms with Crippen molar-refractivity contribution < 1.29 is 9.53 Å². The van der Waals surface area contributed by atoms with Crippen molar-refractivity contribution in [2.24, 2.45) is 0 Å². The Morgan fingerprint density at radius 3 is 2.50 bits per heavy atom. The van der Waals surface area contributed by atoms with Gasteiger partial charge in [0.05, 0.1) is 6.04 Å². The van der Waals surface area contributed by atoms with Crippen molar-refractivity contribution in [3.63, 3.8) is 0 Å². The lowest BCUT2D eigenvalue weighted by Gasteiger charge is -2.33. The number of amides is 1. The van der Waals surface area contributed by atoms with Gasteiger partial charge >= 0.3 is 6.09 Å². The van der Waals surface area contributed by atoms with Crippen molar-refractivity contribution in [3.05, 3.63) is 35.9 Å². The smallest absolute Gasteiger partial charge is 0.411 e. The van der Waals surface area contributed by atoms with Crippen LogP contribution in [0.15, 0.2) is 30.3 Å². The highest BCUT2D eigenvalue weighted by molar-refractivity contribution is 5.85. The second kappa shape index (κ2) is 6.46. The molecule has 2 heterocycles. The van der Waals surface area contributed by atoms with E-state index in [-0.39, 0.29) is 30.6 Å². The second-order valence-corrected chi connectivity index (χ2v) is 5.34. The van der Waals surface area contributed by atoms with Crippen LogP contribution >= 0.6 is 12.4 Å². The quantitative estimate of drug-likeness (QED) is 0.912. The summed E-state index contributed by atoms with van der Waals surface area (Å²) < 4.78 is 5.59. The molecule has 0 aliphatic carbocycles. The number of benzene rings is 1. The van der Waals surface area contributed by atoms with Crippen molar-refractivity contribution >= 4 is 18.5 Å². The first-order valence-corrected chi connectivity index (χ1v) is 7.02. The number of halogens is 1. The summed E-state index contributed by atoms with van der Waals surface area (Å²) in [6, 6.07) is 10.4. The molecule has 5 heteroatoms. The monoisotopic (exact) mass is 296 g/mol. The fraction of sp³-hybridized carbons (Fsp3) is 0.533. The van der Waals surface area contributed by atoms with E-state index in [0.29, 0.717) is 6.04 Å². The van der Waals surface area contributed by atoms with Gasteiger partial charge in [0.15, 0.2) is 0 Å². The van der Waals surface area contributed by atoms with Gasteiger partial charge in [0.2, 0.25) is 0 Å². The van der Waals surface area contributed by atoms with E-state index in [4.69, 9.17) is 4.74 Å². The summed E-state index contributed by atoms with van der Waals surface area (Å²) >= 11 is 0. The lowest BCUT2D eigenvalue weighted by molar-refractivity contribution is 0.124. The number of rotatable bonds is 2. The molecule has 1 amide bonds. The molecule has 2 aliphatic rings. The van der Waals surface area contributed by atoms with Gasteiger partial charge in [-0.25, -0.2) is 4.79 Å². The average molecular weight is 297 g/mol. The molecule has 3 rings (SSSR count). The summed E-state index contributed by atoms with van der Waals surface area (Å²) in [5.74, 6) is 0. The molecule has 2 aliphatic heterocycles. The molecule has 0 bridgehead atoms. The molecule has 0 saturated carbocycles. The van der Waals surface area contributed by atoms with E-state index in [1.165, 1.54) is 0 Å². The molecule has 20 heavy (non-hydrogen) atoms. The SMILES string of the molecule is CC1C(c2ccccc2)OC(=O)N1C1CCNCC1.Cl. The molecule has 1 aromatic carbocycles. The zero-order valence-electron chi connectivity index (χ0n) is 11.6. The number of ether oxygens (including phenoxy) is 1. The van der Waals surface area contributed by atoms with Gasteiger partial charge in [-0.3, -0.25) is 4.90 Å². The van der Waals surface area contributed by atoms with E-state index >= 15 is 0 Å². The van der Waals surface area contributed by atoms with Gasteiger partial charge < -0.3 is 10.1 Å². The first-order chi connectivity index (χ1) is 9.27. The van der Waals surface area contributed by atoms with Gasteiger partial charge in [0.1, 0.15) is 6.10 Å². The molecule has 2 saturated heterocycles. The van der Waals surface area contributed by atoms with Gasteiger partial charge in [-0.15, -0.1) is 12.4 Å². The molecular weight excluding hydrogens is 276 g/mol. The topological polar surface area (TPSA) is 41.6 Å². The minimum Gasteiger partial charge on any atom is -0.439 e. The van der Waals surface area contributed by atoms with Crippen LogP contribution in [0.5, 0.6) is 0 Å². The summed E-state index contributed by atoms with van der Waals surface area (Å²) in [7, 11) is 0. The van der Waals surface area contributed by atoms with Crippen molar-refractivity contribution in [2.75, 3.05) is 13.1 Å². The lowest BCUT2D eigenvalue weighted by atomic mass is 9.99. The Labute approximate surface area is 125 Å². The molecule has 2 fully saturated rings. The molecule has 1 aromatic rings. The number of nitrogens with zero attached hydrogens (tertiary/aromatic N) is 1. The third kappa shape index (κ3) is 2.76. The largest absolute Gasteiger partial charge is 0.439 e. The van der Waals surface area contributed by atoms with Crippen LogP contribution in [0.2, 0.25) is 0 Å². The normalized spacial score (nSPS) is 27.1. The number of piperidine rings is 1. The van der Waals surface area contributed by atoms with Crippen molar-refractivity contribution in [2.45, 2.75) is 38.0 Å². The molecular formula is C15H21ClN2O2. The Hall–Kier alpha value is -1.26. The highest BCUT2D eigenvalue weighted by Crippen LogP contribution is 2.35. The van der Waals surface area contributed by atoms with Crippen LogP contribution < -0.4 is 5.32 Å². The van der Waals surface area contributed by atoms with Gasteiger partial charge in [0.25, 0.3) is 0 Å². The summed E-state index contributed by atoms with van der Waals surface area (Å²) in [6.45, 7) is 4.05. The third-order valence-electron chi connectivity index (χ3n) is 4.15. The Morgan fingerprint density at radius 1 is 1.20 bits per heavy atom. The molecule has 2 unspecified atom stereocenters. The molecule has 110 valence electrons. The maximum atomic E-state index is 12.2. The zero-order chi connectivity index (χ0) is 13.2. The van der Waals surface area contributed by atoms with Crippen LogP contribution in [-0.2, 0) is 4.74 Å². The van der Waals surface area contributed by atoms with Gasteiger partial charge in [0, 0.05) is 6.04 Å². The number of hydrogen-bond donors (Lipinski definition) is 1. The maximum absolute atomic E-state index is 12.2. The van der Waals surface area contributed by atoms with Crippen LogP contribution in [0.3, 0.4) is 0 Å². The Morgan fingerprint density at radius 2 is 1.85 bits per heavy atom. The van der Waals surface area contributed by atoms with Crippen molar-refractivity contribution in [1.29, 1.82) is 0 Å². The lowest BCUT2D eigenvalue weighted by Crippen LogP contribution is -2.46. The molecule has 4 nitrogen and oxygen atoms in total.